The Morgan fingerprint density at radius 2 is 1.46 bits per heavy atom. The van der Waals surface area contributed by atoms with Crippen molar-refractivity contribution >= 4 is 41.4 Å². The summed E-state index contributed by atoms with van der Waals surface area (Å²) in [6.45, 7) is 1.33. The number of amides is 4. The minimum Gasteiger partial charge on any atom is -0.508 e. The Labute approximate surface area is 218 Å². The van der Waals surface area contributed by atoms with E-state index in [1.54, 1.807) is 6.26 Å². The predicted octanol–water partition coefficient (Wildman–Crippen LogP) is -1.80. The highest BCUT2D eigenvalue weighted by Gasteiger charge is 2.31. The third-order valence-electron chi connectivity index (χ3n) is 5.37. The molecule has 14 heteroatoms. The number of aromatic hydroxyl groups is 1. The second kappa shape index (κ2) is 15.7. The molecule has 4 amide bonds. The Hall–Kier alpha value is -3.36. The molecule has 1 rings (SSSR count). The van der Waals surface area contributed by atoms with E-state index in [2.05, 4.69) is 16.0 Å². The van der Waals surface area contributed by atoms with E-state index < -0.39 is 59.9 Å². The molecule has 0 aliphatic rings. The number of aliphatic hydroxyl groups is 1. The molecule has 5 atom stereocenters. The number of nitrogens with one attached hydrogen (secondary N) is 3. The minimum atomic E-state index is -1.43. The Morgan fingerprint density at radius 3 is 1.97 bits per heavy atom. The maximum atomic E-state index is 13.1. The van der Waals surface area contributed by atoms with Crippen LogP contribution in [-0.4, -0.2) is 87.2 Å². The quantitative estimate of drug-likeness (QED) is 0.117. The van der Waals surface area contributed by atoms with E-state index in [1.807, 2.05) is 0 Å². The van der Waals surface area contributed by atoms with Crippen molar-refractivity contribution in [3.63, 3.8) is 0 Å². The van der Waals surface area contributed by atoms with Gasteiger partial charge in [0.25, 0.3) is 0 Å². The number of phenolic OH excluding ortho intramolecular Hbond substituents is 1. The lowest BCUT2D eigenvalue weighted by Gasteiger charge is -2.25. The number of hydrogen-bond acceptors (Lipinski definition) is 9. The summed E-state index contributed by atoms with van der Waals surface area (Å²) in [6, 6.07) is 0.751. The van der Waals surface area contributed by atoms with Crippen LogP contribution < -0.4 is 27.4 Å². The third-order valence-corrected chi connectivity index (χ3v) is 6.01. The van der Waals surface area contributed by atoms with Gasteiger partial charge in [0.1, 0.15) is 29.9 Å². The molecule has 13 nitrogen and oxygen atoms in total. The number of hydrogen-bond donors (Lipinski definition) is 8. The van der Waals surface area contributed by atoms with Gasteiger partial charge in [-0.1, -0.05) is 12.1 Å². The van der Waals surface area contributed by atoms with Gasteiger partial charge in [-0.3, -0.25) is 19.2 Å². The van der Waals surface area contributed by atoms with Crippen LogP contribution in [0.3, 0.4) is 0 Å². The first-order valence-corrected chi connectivity index (χ1v) is 12.9. The molecule has 0 aromatic heterocycles. The van der Waals surface area contributed by atoms with Gasteiger partial charge in [0.2, 0.25) is 23.6 Å². The fourth-order valence-electron chi connectivity index (χ4n) is 3.16. The Balaban J connectivity index is 3.15. The van der Waals surface area contributed by atoms with Crippen LogP contribution in [0.15, 0.2) is 24.3 Å². The number of carbonyl (C=O) groups excluding carboxylic acids is 4. The van der Waals surface area contributed by atoms with Gasteiger partial charge >= 0.3 is 5.97 Å². The average Bonchev–Trinajstić information content (AvgIpc) is 2.83. The van der Waals surface area contributed by atoms with Gasteiger partial charge in [-0.25, -0.2) is 4.79 Å². The summed E-state index contributed by atoms with van der Waals surface area (Å²) >= 11 is 1.42. The van der Waals surface area contributed by atoms with Crippen LogP contribution in [0.25, 0.3) is 0 Å². The van der Waals surface area contributed by atoms with Crippen LogP contribution in [0, 0.1) is 0 Å². The molecular formula is C23H35N5O8S. The minimum absolute atomic E-state index is 0.0135. The van der Waals surface area contributed by atoms with Crippen molar-refractivity contribution in [3.05, 3.63) is 29.8 Å². The first kappa shape index (κ1) is 31.7. The molecule has 0 bridgehead atoms. The summed E-state index contributed by atoms with van der Waals surface area (Å²) in [4.78, 5) is 61.2. The van der Waals surface area contributed by atoms with Crippen LogP contribution in [0.5, 0.6) is 5.75 Å². The number of primary amides is 1. The van der Waals surface area contributed by atoms with Gasteiger partial charge in [0.15, 0.2) is 0 Å². The van der Waals surface area contributed by atoms with Crippen molar-refractivity contribution < 1.29 is 39.3 Å². The molecular weight excluding hydrogens is 506 g/mol. The number of aliphatic hydroxyl groups excluding tert-OH is 1. The van der Waals surface area contributed by atoms with Crippen LogP contribution >= 0.6 is 11.8 Å². The van der Waals surface area contributed by atoms with Crippen molar-refractivity contribution in [3.8, 4) is 5.75 Å². The van der Waals surface area contributed by atoms with Crippen molar-refractivity contribution in [2.45, 2.75) is 62.9 Å². The summed E-state index contributed by atoms with van der Waals surface area (Å²) in [7, 11) is 0. The second-order valence-corrected chi connectivity index (χ2v) is 9.43. The van der Waals surface area contributed by atoms with E-state index in [-0.39, 0.29) is 31.4 Å². The molecule has 0 saturated heterocycles. The Kier molecular flexibility index (Phi) is 13.4. The van der Waals surface area contributed by atoms with E-state index in [0.717, 1.165) is 0 Å². The number of phenols is 1. The van der Waals surface area contributed by atoms with Gasteiger partial charge in [-0.2, -0.15) is 11.8 Å². The topological polar surface area (TPSA) is 234 Å². The van der Waals surface area contributed by atoms with Crippen LogP contribution in [0.2, 0.25) is 0 Å². The number of aliphatic carboxylic acids is 1. The zero-order valence-corrected chi connectivity index (χ0v) is 21.5. The molecule has 206 valence electrons. The maximum absolute atomic E-state index is 13.1. The third kappa shape index (κ3) is 11.5. The second-order valence-electron chi connectivity index (χ2n) is 8.45. The molecule has 1 aromatic rings. The predicted molar refractivity (Wildman–Crippen MR) is 136 cm³/mol. The molecule has 10 N–H and O–H groups in total. The monoisotopic (exact) mass is 541 g/mol. The molecule has 37 heavy (non-hydrogen) atoms. The smallest absolute Gasteiger partial charge is 0.326 e. The number of nitrogens with two attached hydrogens (primary N) is 2. The molecule has 0 fully saturated rings. The SMILES string of the molecule is CSCCC(NC(=O)C(N)C(C)O)C(=O)NC(Cc1ccc(O)cc1)C(=O)NC(CCC(N)=O)C(=O)O. The number of carboxylic acid groups (broad SMARTS) is 1. The molecule has 0 saturated carbocycles. The Morgan fingerprint density at radius 1 is 0.919 bits per heavy atom. The van der Waals surface area contributed by atoms with Gasteiger partial charge < -0.3 is 42.7 Å². The average molecular weight is 542 g/mol. The zero-order chi connectivity index (χ0) is 28.1. The molecule has 0 heterocycles. The van der Waals surface area contributed by atoms with Crippen molar-refractivity contribution in [2.24, 2.45) is 11.5 Å². The van der Waals surface area contributed by atoms with Gasteiger partial charge in [-0.15, -0.1) is 0 Å². The summed E-state index contributed by atoms with van der Waals surface area (Å²) in [6.07, 6.45) is 0.229. The van der Waals surface area contributed by atoms with Crippen LogP contribution in [0.1, 0.15) is 31.7 Å². The highest BCUT2D eigenvalue weighted by atomic mass is 32.2. The van der Waals surface area contributed by atoms with Crippen molar-refractivity contribution in [1.82, 2.24) is 16.0 Å². The fourth-order valence-corrected chi connectivity index (χ4v) is 3.63. The van der Waals surface area contributed by atoms with Gasteiger partial charge in [0, 0.05) is 12.8 Å². The maximum Gasteiger partial charge on any atom is 0.326 e. The molecule has 0 aliphatic carbocycles. The van der Waals surface area contributed by atoms with Crippen molar-refractivity contribution in [1.29, 1.82) is 0 Å². The number of carbonyl (C=O) groups is 5. The van der Waals surface area contributed by atoms with Gasteiger partial charge in [0.05, 0.1) is 6.10 Å². The standard InChI is InChI=1S/C23H35N5O8S/c1-12(29)19(25)22(34)26-15(9-10-37-2)20(32)28-17(11-13-3-5-14(30)6-4-13)21(33)27-16(23(35)36)7-8-18(24)31/h3-6,12,15-17,19,29-30H,7-11,25H2,1-2H3,(H2,24,31)(H,26,34)(H,27,33)(H,28,32)(H,35,36). The molecule has 1 aromatic carbocycles. The lowest BCUT2D eigenvalue weighted by Crippen LogP contribution is -2.58. The van der Waals surface area contributed by atoms with Crippen LogP contribution in [0.4, 0.5) is 0 Å². The molecule has 0 radical (unpaired) electrons. The Bertz CT molecular complexity index is 944. The summed E-state index contributed by atoms with van der Waals surface area (Å²) in [5.74, 6) is -3.98. The number of benzene rings is 1. The lowest BCUT2D eigenvalue weighted by atomic mass is 10.0. The molecule has 0 aliphatic heterocycles. The zero-order valence-electron chi connectivity index (χ0n) is 20.7. The largest absolute Gasteiger partial charge is 0.508 e. The highest BCUT2D eigenvalue weighted by molar-refractivity contribution is 7.98. The summed E-state index contributed by atoms with van der Waals surface area (Å²) < 4.78 is 0. The van der Waals surface area contributed by atoms with Crippen LogP contribution in [-0.2, 0) is 30.4 Å². The van der Waals surface area contributed by atoms with E-state index in [1.165, 1.54) is 43.0 Å². The summed E-state index contributed by atoms with van der Waals surface area (Å²) in [5, 5.41) is 35.9. The highest BCUT2D eigenvalue weighted by Crippen LogP contribution is 2.12. The molecule has 5 unspecified atom stereocenters. The molecule has 0 spiro atoms. The number of rotatable bonds is 16. The summed E-state index contributed by atoms with van der Waals surface area (Å²) in [5.41, 5.74) is 11.3. The number of carboxylic acids is 1. The fraction of sp³-hybridized carbons (Fsp3) is 0.522. The van der Waals surface area contributed by atoms with E-state index in [9.17, 15) is 39.3 Å². The van der Waals surface area contributed by atoms with Crippen molar-refractivity contribution in [2.75, 3.05) is 12.0 Å². The van der Waals surface area contributed by atoms with Gasteiger partial charge in [-0.05, 0) is 49.5 Å². The number of thioether (sulfide) groups is 1. The first-order valence-electron chi connectivity index (χ1n) is 11.5. The normalized spacial score (nSPS) is 14.9. The first-order chi connectivity index (χ1) is 17.3. The van der Waals surface area contributed by atoms with E-state index >= 15 is 0 Å². The lowest BCUT2D eigenvalue weighted by molar-refractivity contribution is -0.142. The van der Waals surface area contributed by atoms with E-state index in [0.29, 0.717) is 11.3 Å². The van der Waals surface area contributed by atoms with E-state index in [4.69, 9.17) is 11.5 Å².